The van der Waals surface area contributed by atoms with Crippen LogP contribution in [0, 0.1) is 0 Å². The van der Waals surface area contributed by atoms with Crippen LogP contribution in [0.25, 0.3) is 0 Å². The van der Waals surface area contributed by atoms with Crippen molar-refractivity contribution in [3.8, 4) is 5.75 Å². The molecule has 2 heterocycles. The summed E-state index contributed by atoms with van der Waals surface area (Å²) in [6, 6.07) is 12.5. The molecule has 6 nitrogen and oxygen atoms in total. The smallest absolute Gasteiger partial charge is 0.247 e. The Hall–Kier alpha value is -2.54. The Labute approximate surface area is 170 Å². The summed E-state index contributed by atoms with van der Waals surface area (Å²) in [7, 11) is 1.75. The van der Waals surface area contributed by atoms with E-state index in [-0.39, 0.29) is 5.90 Å². The molecule has 27 heavy (non-hydrogen) atoms. The van der Waals surface area contributed by atoms with E-state index in [0.717, 1.165) is 5.69 Å². The van der Waals surface area contributed by atoms with Gasteiger partial charge in [-0.15, -0.1) is 5.10 Å². The van der Waals surface area contributed by atoms with Gasteiger partial charge in [-0.25, -0.2) is 9.99 Å². The molecule has 0 aliphatic carbocycles. The molecule has 0 spiro atoms. The van der Waals surface area contributed by atoms with E-state index < -0.39 is 0 Å². The molecule has 0 unspecified atom stereocenters. The van der Waals surface area contributed by atoms with Crippen LogP contribution in [0.15, 0.2) is 53.8 Å². The van der Waals surface area contributed by atoms with E-state index in [1.165, 1.54) is 0 Å². The van der Waals surface area contributed by atoms with Crippen molar-refractivity contribution in [2.24, 2.45) is 5.10 Å². The van der Waals surface area contributed by atoms with Crippen molar-refractivity contribution in [3.63, 3.8) is 0 Å². The molecule has 1 N–H and O–H groups in total. The Morgan fingerprint density at radius 3 is 2.52 bits per heavy atom. The molecule has 1 aromatic heterocycles. The third kappa shape index (κ3) is 3.64. The first-order valence-electron chi connectivity index (χ1n) is 7.85. The van der Waals surface area contributed by atoms with Crippen LogP contribution < -0.4 is 15.1 Å². The van der Waals surface area contributed by atoms with Gasteiger partial charge in [0.1, 0.15) is 0 Å². The third-order valence-electron chi connectivity index (χ3n) is 3.75. The average molecular weight is 421 g/mol. The van der Waals surface area contributed by atoms with E-state index in [4.69, 9.17) is 39.5 Å². The second-order valence-corrected chi connectivity index (χ2v) is 6.90. The first-order valence-corrected chi connectivity index (χ1v) is 8.99. The second-order valence-electron chi connectivity index (χ2n) is 5.64. The van der Waals surface area contributed by atoms with E-state index in [0.29, 0.717) is 38.1 Å². The Morgan fingerprint density at radius 1 is 1.04 bits per heavy atom. The standard InChI is InChI=1S/C18H12Cl3N5O/c1-26-16-14(27-17(25-26)15-12(20)6-3-7-13(15)21)9-22-18(24-16)23-11-5-2-4-10(19)8-11/h2-9H,1H3,(H,22,23,24). The normalized spacial score (nSPS) is 12.9. The first kappa shape index (κ1) is 17.9. The molecule has 4 rings (SSSR count). The first-order chi connectivity index (χ1) is 13.0. The van der Waals surface area contributed by atoms with Crippen LogP contribution >= 0.6 is 34.8 Å². The van der Waals surface area contributed by atoms with Crippen LogP contribution in [0.3, 0.4) is 0 Å². The number of anilines is 3. The zero-order valence-corrected chi connectivity index (χ0v) is 16.2. The van der Waals surface area contributed by atoms with Crippen LogP contribution in [-0.2, 0) is 0 Å². The molecule has 9 heteroatoms. The van der Waals surface area contributed by atoms with E-state index in [2.05, 4.69) is 20.4 Å². The fourth-order valence-electron chi connectivity index (χ4n) is 2.53. The number of nitrogens with zero attached hydrogens (tertiary/aromatic N) is 4. The summed E-state index contributed by atoms with van der Waals surface area (Å²) in [5, 5.41) is 10.6. The highest BCUT2D eigenvalue weighted by atomic mass is 35.5. The van der Waals surface area contributed by atoms with Gasteiger partial charge in [-0.2, -0.15) is 4.98 Å². The molecule has 0 bridgehead atoms. The molecule has 0 fully saturated rings. The minimum Gasteiger partial charge on any atom is -0.431 e. The quantitative estimate of drug-likeness (QED) is 0.617. The summed E-state index contributed by atoms with van der Waals surface area (Å²) in [5.41, 5.74) is 1.29. The van der Waals surface area contributed by atoms with Gasteiger partial charge in [0.05, 0.1) is 21.8 Å². The average Bonchev–Trinajstić information content (AvgIpc) is 2.62. The van der Waals surface area contributed by atoms with Crippen LogP contribution in [0.2, 0.25) is 15.1 Å². The van der Waals surface area contributed by atoms with Crippen LogP contribution in [0.5, 0.6) is 5.75 Å². The van der Waals surface area contributed by atoms with Crippen molar-refractivity contribution in [1.82, 2.24) is 9.97 Å². The topological polar surface area (TPSA) is 62.6 Å². The van der Waals surface area contributed by atoms with Crippen molar-refractivity contribution in [3.05, 3.63) is 69.3 Å². The number of hydrogen-bond donors (Lipinski definition) is 1. The van der Waals surface area contributed by atoms with Gasteiger partial charge in [-0.3, -0.25) is 0 Å². The Bertz CT molecular complexity index is 1040. The molecule has 1 aliphatic rings. The number of nitrogens with one attached hydrogen (secondary N) is 1. The fourth-order valence-corrected chi connectivity index (χ4v) is 3.28. The molecule has 136 valence electrons. The second kappa shape index (κ2) is 7.23. The number of hydrogen-bond acceptors (Lipinski definition) is 6. The lowest BCUT2D eigenvalue weighted by Gasteiger charge is -2.24. The zero-order valence-electron chi connectivity index (χ0n) is 13.9. The monoisotopic (exact) mass is 419 g/mol. The highest BCUT2D eigenvalue weighted by Gasteiger charge is 2.25. The summed E-state index contributed by atoms with van der Waals surface area (Å²) >= 11 is 18.5. The van der Waals surface area contributed by atoms with Crippen LogP contribution in [0.4, 0.5) is 17.5 Å². The van der Waals surface area contributed by atoms with Gasteiger partial charge in [-0.05, 0) is 30.3 Å². The molecule has 3 aromatic rings. The maximum absolute atomic E-state index is 6.25. The number of benzene rings is 2. The van der Waals surface area contributed by atoms with E-state index >= 15 is 0 Å². The van der Waals surface area contributed by atoms with Gasteiger partial charge in [0.15, 0.2) is 11.6 Å². The molecule has 0 amide bonds. The van der Waals surface area contributed by atoms with Gasteiger partial charge in [0, 0.05) is 17.8 Å². The van der Waals surface area contributed by atoms with Crippen LogP contribution in [-0.4, -0.2) is 22.9 Å². The summed E-state index contributed by atoms with van der Waals surface area (Å²) in [6.07, 6.45) is 1.56. The molecular weight excluding hydrogens is 409 g/mol. The highest BCUT2D eigenvalue weighted by Crippen LogP contribution is 2.34. The van der Waals surface area contributed by atoms with Gasteiger partial charge in [0.25, 0.3) is 0 Å². The lowest BCUT2D eigenvalue weighted by atomic mass is 10.2. The maximum Gasteiger partial charge on any atom is 0.247 e. The summed E-state index contributed by atoms with van der Waals surface area (Å²) in [5.74, 6) is 1.61. The van der Waals surface area contributed by atoms with Gasteiger partial charge in [0.2, 0.25) is 11.8 Å². The lowest BCUT2D eigenvalue weighted by molar-refractivity contribution is 0.525. The van der Waals surface area contributed by atoms with Crippen LogP contribution in [0.1, 0.15) is 5.56 Å². The van der Waals surface area contributed by atoms with E-state index in [1.807, 2.05) is 12.1 Å². The molecule has 0 saturated heterocycles. The number of aromatic nitrogens is 2. The Morgan fingerprint density at radius 2 is 1.78 bits per heavy atom. The summed E-state index contributed by atoms with van der Waals surface area (Å²) < 4.78 is 5.84. The number of ether oxygens (including phenoxy) is 1. The van der Waals surface area contributed by atoms with Crippen molar-refractivity contribution < 1.29 is 4.74 Å². The predicted molar refractivity (Wildman–Crippen MR) is 109 cm³/mol. The molecule has 0 saturated carbocycles. The largest absolute Gasteiger partial charge is 0.431 e. The van der Waals surface area contributed by atoms with Crippen molar-refractivity contribution in [2.75, 3.05) is 17.4 Å². The third-order valence-corrected chi connectivity index (χ3v) is 4.61. The van der Waals surface area contributed by atoms with Gasteiger partial charge < -0.3 is 10.1 Å². The van der Waals surface area contributed by atoms with E-state index in [9.17, 15) is 0 Å². The van der Waals surface area contributed by atoms with Crippen molar-refractivity contribution in [2.45, 2.75) is 0 Å². The van der Waals surface area contributed by atoms with Gasteiger partial charge in [-0.1, -0.05) is 46.9 Å². The minimum atomic E-state index is 0.278. The molecule has 0 atom stereocenters. The highest BCUT2D eigenvalue weighted by molar-refractivity contribution is 6.39. The van der Waals surface area contributed by atoms with Crippen molar-refractivity contribution >= 4 is 58.2 Å². The minimum absolute atomic E-state index is 0.278. The lowest BCUT2D eigenvalue weighted by Crippen LogP contribution is -2.26. The number of halogens is 3. The maximum atomic E-state index is 6.25. The predicted octanol–water partition coefficient (Wildman–Crippen LogP) is 5.37. The Balaban J connectivity index is 1.65. The van der Waals surface area contributed by atoms with E-state index in [1.54, 1.807) is 48.6 Å². The number of hydrazone groups is 1. The van der Waals surface area contributed by atoms with Gasteiger partial charge >= 0.3 is 0 Å². The SMILES string of the molecule is CN1N=C(c2c(Cl)cccc2Cl)Oc2cnc(Nc3cccc(Cl)c3)nc21. The Kier molecular flexibility index (Phi) is 4.78. The summed E-state index contributed by atoms with van der Waals surface area (Å²) in [4.78, 5) is 8.74. The molecule has 1 aliphatic heterocycles. The zero-order chi connectivity index (χ0) is 19.0. The number of rotatable bonds is 3. The molecular formula is C18H12Cl3N5O. The summed E-state index contributed by atoms with van der Waals surface area (Å²) in [6.45, 7) is 0. The number of fused-ring (bicyclic) bond motifs is 1. The van der Waals surface area contributed by atoms with Crippen molar-refractivity contribution in [1.29, 1.82) is 0 Å². The molecule has 2 aromatic carbocycles. The molecule has 0 radical (unpaired) electrons. The fraction of sp³-hybridized carbons (Fsp3) is 0.0556.